The normalized spacial score (nSPS) is 25.0. The summed E-state index contributed by atoms with van der Waals surface area (Å²) in [5.74, 6) is 1.04. The number of fused-ring (bicyclic) bond motifs is 1. The molecule has 3 amide bonds. The lowest BCUT2D eigenvalue weighted by Gasteiger charge is -2.16. The summed E-state index contributed by atoms with van der Waals surface area (Å²) in [4.78, 5) is 23.3. The van der Waals surface area contributed by atoms with E-state index in [1.807, 2.05) is 36.0 Å². The van der Waals surface area contributed by atoms with Gasteiger partial charge in [-0.05, 0) is 24.5 Å². The Hall–Kier alpha value is -1.40. The molecule has 1 aromatic carbocycles. The van der Waals surface area contributed by atoms with Crippen LogP contribution in [0, 0.1) is 0 Å². The molecule has 1 aromatic rings. The lowest BCUT2D eigenvalue weighted by molar-refractivity contribution is -0.121. The van der Waals surface area contributed by atoms with E-state index in [2.05, 4.69) is 16.0 Å². The maximum absolute atomic E-state index is 11.9. The standard InChI is InChI=1S/C17H22ClN3O2S/c18-12-6-2-1-5-11(12)9-19-15(22)8-4-3-7-14-16-13(10-24-14)20-17(23)21-16/h1-2,5-6,13-14,16H,3-4,7-10H2,(H,19,22)(H2,20,21,23)/t13-,14-,16-/m0/s1. The van der Waals surface area contributed by atoms with Crippen LogP contribution in [0.15, 0.2) is 24.3 Å². The minimum Gasteiger partial charge on any atom is -0.352 e. The van der Waals surface area contributed by atoms with Crippen molar-refractivity contribution in [1.82, 2.24) is 16.0 Å². The zero-order valence-electron chi connectivity index (χ0n) is 13.4. The molecule has 3 atom stereocenters. The molecule has 130 valence electrons. The second-order valence-corrected chi connectivity index (χ2v) is 7.92. The minimum absolute atomic E-state index is 0.0470. The Morgan fingerprint density at radius 3 is 2.96 bits per heavy atom. The van der Waals surface area contributed by atoms with Crippen molar-refractivity contribution in [2.24, 2.45) is 0 Å². The van der Waals surface area contributed by atoms with Gasteiger partial charge in [0.15, 0.2) is 0 Å². The van der Waals surface area contributed by atoms with Crippen LogP contribution in [0.1, 0.15) is 31.2 Å². The van der Waals surface area contributed by atoms with Gasteiger partial charge in [-0.3, -0.25) is 4.79 Å². The Bertz CT molecular complexity index is 613. The van der Waals surface area contributed by atoms with Gasteiger partial charge in [-0.15, -0.1) is 0 Å². The zero-order chi connectivity index (χ0) is 16.9. The third-order valence-electron chi connectivity index (χ3n) is 4.51. The second kappa shape index (κ2) is 8.12. The number of halogens is 1. The largest absolute Gasteiger partial charge is 0.352 e. The molecule has 3 N–H and O–H groups in total. The Labute approximate surface area is 151 Å². The molecule has 0 radical (unpaired) electrons. The number of benzene rings is 1. The van der Waals surface area contributed by atoms with Gasteiger partial charge in [0.25, 0.3) is 0 Å². The van der Waals surface area contributed by atoms with E-state index in [4.69, 9.17) is 11.6 Å². The smallest absolute Gasteiger partial charge is 0.315 e. The highest BCUT2D eigenvalue weighted by Gasteiger charge is 2.42. The topological polar surface area (TPSA) is 70.2 Å². The summed E-state index contributed by atoms with van der Waals surface area (Å²) in [5, 5.41) is 9.99. The predicted molar refractivity (Wildman–Crippen MR) is 97.3 cm³/mol. The molecule has 0 spiro atoms. The molecule has 0 aliphatic carbocycles. The molecular formula is C17H22ClN3O2S. The number of amides is 3. The third kappa shape index (κ3) is 4.36. The van der Waals surface area contributed by atoms with Gasteiger partial charge in [0.05, 0.1) is 12.1 Å². The van der Waals surface area contributed by atoms with Crippen molar-refractivity contribution in [2.75, 3.05) is 5.75 Å². The number of hydrogen-bond acceptors (Lipinski definition) is 3. The second-order valence-electron chi connectivity index (χ2n) is 6.24. The van der Waals surface area contributed by atoms with Crippen molar-refractivity contribution in [1.29, 1.82) is 0 Å². The lowest BCUT2D eigenvalue weighted by Crippen LogP contribution is -2.36. The summed E-state index contributed by atoms with van der Waals surface area (Å²) < 4.78 is 0. The summed E-state index contributed by atoms with van der Waals surface area (Å²) in [6.07, 6.45) is 3.42. The van der Waals surface area contributed by atoms with E-state index in [9.17, 15) is 9.59 Å². The van der Waals surface area contributed by atoms with E-state index < -0.39 is 0 Å². The average molecular weight is 368 g/mol. The highest BCUT2D eigenvalue weighted by molar-refractivity contribution is 8.00. The fourth-order valence-corrected chi connectivity index (χ4v) is 4.94. The SMILES string of the molecule is O=C(CCCC[C@@H]1SC[C@@H]2NC(=O)N[C@@H]21)NCc1ccccc1Cl. The Balaban J connectivity index is 1.31. The maximum atomic E-state index is 11.9. The van der Waals surface area contributed by atoms with E-state index in [0.717, 1.165) is 30.6 Å². The highest BCUT2D eigenvalue weighted by atomic mass is 35.5. The van der Waals surface area contributed by atoms with Crippen LogP contribution in [0.25, 0.3) is 0 Å². The van der Waals surface area contributed by atoms with Gasteiger partial charge in [-0.1, -0.05) is 36.2 Å². The average Bonchev–Trinajstić information content (AvgIpc) is 3.10. The number of nitrogens with one attached hydrogen (secondary N) is 3. The molecule has 2 fully saturated rings. The van der Waals surface area contributed by atoms with Gasteiger partial charge in [0, 0.05) is 29.0 Å². The van der Waals surface area contributed by atoms with Crippen molar-refractivity contribution in [3.05, 3.63) is 34.9 Å². The van der Waals surface area contributed by atoms with Gasteiger partial charge in [0.2, 0.25) is 5.91 Å². The molecule has 5 nitrogen and oxygen atoms in total. The maximum Gasteiger partial charge on any atom is 0.315 e. The summed E-state index contributed by atoms with van der Waals surface area (Å²) in [7, 11) is 0. The van der Waals surface area contributed by atoms with Crippen molar-refractivity contribution in [3.8, 4) is 0 Å². The molecule has 0 bridgehead atoms. The molecule has 7 heteroatoms. The van der Waals surface area contributed by atoms with Crippen molar-refractivity contribution in [2.45, 2.75) is 49.6 Å². The van der Waals surface area contributed by atoms with Crippen LogP contribution in [0.4, 0.5) is 4.79 Å². The molecule has 0 saturated carbocycles. The van der Waals surface area contributed by atoms with Gasteiger partial charge in [-0.2, -0.15) is 11.8 Å². The first kappa shape index (κ1) is 17.4. The van der Waals surface area contributed by atoms with E-state index in [0.29, 0.717) is 23.2 Å². The van der Waals surface area contributed by atoms with E-state index in [1.54, 1.807) is 0 Å². The predicted octanol–water partition coefficient (Wildman–Crippen LogP) is 2.68. The molecule has 2 heterocycles. The third-order valence-corrected chi connectivity index (χ3v) is 6.39. The van der Waals surface area contributed by atoms with Crippen molar-refractivity contribution < 1.29 is 9.59 Å². The number of urea groups is 1. The molecule has 0 unspecified atom stereocenters. The van der Waals surface area contributed by atoms with Crippen LogP contribution in [0.3, 0.4) is 0 Å². The quantitative estimate of drug-likeness (QED) is 0.512. The van der Waals surface area contributed by atoms with E-state index in [-0.39, 0.29) is 24.0 Å². The highest BCUT2D eigenvalue weighted by Crippen LogP contribution is 2.33. The Kier molecular flexibility index (Phi) is 5.89. The van der Waals surface area contributed by atoms with Crippen LogP contribution in [0.2, 0.25) is 5.02 Å². The van der Waals surface area contributed by atoms with Crippen LogP contribution >= 0.6 is 23.4 Å². The number of rotatable bonds is 7. The van der Waals surface area contributed by atoms with Crippen molar-refractivity contribution >= 4 is 35.3 Å². The summed E-state index contributed by atoms with van der Waals surface area (Å²) in [6, 6.07) is 8.00. The first-order valence-corrected chi connectivity index (χ1v) is 9.75. The molecule has 2 saturated heterocycles. The number of thioether (sulfide) groups is 1. The van der Waals surface area contributed by atoms with Crippen LogP contribution < -0.4 is 16.0 Å². The van der Waals surface area contributed by atoms with Crippen LogP contribution in [0.5, 0.6) is 0 Å². The van der Waals surface area contributed by atoms with Crippen molar-refractivity contribution in [3.63, 3.8) is 0 Å². The fourth-order valence-electron chi connectivity index (χ4n) is 3.20. The first-order valence-electron chi connectivity index (χ1n) is 8.32. The first-order chi connectivity index (χ1) is 11.6. The summed E-state index contributed by atoms with van der Waals surface area (Å²) in [6.45, 7) is 0.471. The molecular weight excluding hydrogens is 346 g/mol. The van der Waals surface area contributed by atoms with Gasteiger partial charge < -0.3 is 16.0 Å². The van der Waals surface area contributed by atoms with Crippen LogP contribution in [-0.4, -0.2) is 35.0 Å². The minimum atomic E-state index is -0.0470. The van der Waals surface area contributed by atoms with Crippen LogP contribution in [-0.2, 0) is 11.3 Å². The number of unbranched alkanes of at least 4 members (excludes halogenated alkanes) is 1. The monoisotopic (exact) mass is 367 g/mol. The molecule has 0 aromatic heterocycles. The number of hydrogen-bond donors (Lipinski definition) is 3. The lowest BCUT2D eigenvalue weighted by atomic mass is 10.0. The summed E-state index contributed by atoms with van der Waals surface area (Å²) in [5.41, 5.74) is 0.936. The van der Waals surface area contributed by atoms with Gasteiger partial charge in [-0.25, -0.2) is 4.79 Å². The van der Waals surface area contributed by atoms with Gasteiger partial charge >= 0.3 is 6.03 Å². The fraction of sp³-hybridized carbons (Fsp3) is 0.529. The molecule has 24 heavy (non-hydrogen) atoms. The molecule has 2 aliphatic rings. The summed E-state index contributed by atoms with van der Waals surface area (Å²) >= 11 is 7.99. The van der Waals surface area contributed by atoms with Gasteiger partial charge in [0.1, 0.15) is 0 Å². The van der Waals surface area contributed by atoms with E-state index >= 15 is 0 Å². The van der Waals surface area contributed by atoms with E-state index in [1.165, 1.54) is 0 Å². The molecule has 2 aliphatic heterocycles. The zero-order valence-corrected chi connectivity index (χ0v) is 15.0. The Morgan fingerprint density at radius 2 is 2.12 bits per heavy atom. The Morgan fingerprint density at radius 1 is 1.29 bits per heavy atom. The number of carbonyl (C=O) groups is 2. The number of carbonyl (C=O) groups excluding carboxylic acids is 2. The molecule has 3 rings (SSSR count).